The van der Waals surface area contributed by atoms with Crippen molar-refractivity contribution in [1.29, 1.82) is 0 Å². The van der Waals surface area contributed by atoms with Gasteiger partial charge in [-0.1, -0.05) is 23.7 Å². The molecule has 3 rings (SSSR count). The average molecular weight is 376 g/mol. The van der Waals surface area contributed by atoms with Gasteiger partial charge in [-0.2, -0.15) is 0 Å². The number of amides is 1. The summed E-state index contributed by atoms with van der Waals surface area (Å²) in [6, 6.07) is 10.5. The molecule has 1 atom stereocenters. The van der Waals surface area contributed by atoms with Crippen molar-refractivity contribution >= 4 is 34.3 Å². The van der Waals surface area contributed by atoms with Gasteiger partial charge in [0.1, 0.15) is 6.54 Å². The van der Waals surface area contributed by atoms with Gasteiger partial charge in [0.2, 0.25) is 5.91 Å². The van der Waals surface area contributed by atoms with Gasteiger partial charge in [-0.05, 0) is 30.7 Å². The van der Waals surface area contributed by atoms with E-state index < -0.39 is 16.6 Å². The van der Waals surface area contributed by atoms with Crippen molar-refractivity contribution < 1.29 is 14.1 Å². The molecule has 1 amide bonds. The number of non-ortho nitro benzene ring substituents is 1. The van der Waals surface area contributed by atoms with Gasteiger partial charge in [-0.25, -0.2) is 4.79 Å². The lowest BCUT2D eigenvalue weighted by atomic mass is 10.1. The number of nitro benzene ring substituents is 1. The minimum atomic E-state index is -0.755. The van der Waals surface area contributed by atoms with Crippen LogP contribution in [0, 0.1) is 10.1 Å². The summed E-state index contributed by atoms with van der Waals surface area (Å²) in [5, 5.41) is 14.3. The monoisotopic (exact) mass is 375 g/mol. The molecule has 0 radical (unpaired) electrons. The maximum absolute atomic E-state index is 12.3. The van der Waals surface area contributed by atoms with E-state index in [1.807, 2.05) is 0 Å². The van der Waals surface area contributed by atoms with Crippen LogP contribution in [0.3, 0.4) is 0 Å². The standard InChI is InChI=1S/C17H14ClN3O5/c1-10(11-2-4-12(18)5-3-11)19-16(22)9-20-14-8-13(21(24)25)6-7-15(14)26-17(20)23/h2-8,10H,9H2,1H3,(H,19,22). The molecule has 2 aromatic carbocycles. The number of nitrogens with zero attached hydrogens (tertiary/aromatic N) is 2. The van der Waals surface area contributed by atoms with Crippen LogP contribution in [-0.2, 0) is 11.3 Å². The number of nitro groups is 1. The second kappa shape index (κ2) is 7.01. The summed E-state index contributed by atoms with van der Waals surface area (Å²) < 4.78 is 6.09. The Labute approximate surface area is 152 Å². The van der Waals surface area contributed by atoms with Crippen LogP contribution in [0.4, 0.5) is 5.69 Å². The Bertz CT molecular complexity index is 1040. The highest BCUT2D eigenvalue weighted by molar-refractivity contribution is 6.30. The molecule has 1 N–H and O–H groups in total. The number of oxazole rings is 1. The van der Waals surface area contributed by atoms with Crippen LogP contribution in [0.15, 0.2) is 51.7 Å². The van der Waals surface area contributed by atoms with E-state index in [1.165, 1.54) is 18.2 Å². The van der Waals surface area contributed by atoms with Gasteiger partial charge in [0, 0.05) is 17.2 Å². The molecule has 0 aliphatic heterocycles. The molecule has 134 valence electrons. The van der Waals surface area contributed by atoms with Crippen LogP contribution in [0.1, 0.15) is 18.5 Å². The zero-order valence-corrected chi connectivity index (χ0v) is 14.4. The zero-order valence-electron chi connectivity index (χ0n) is 13.6. The van der Waals surface area contributed by atoms with Crippen molar-refractivity contribution in [2.24, 2.45) is 0 Å². The third-order valence-electron chi connectivity index (χ3n) is 3.91. The van der Waals surface area contributed by atoms with Gasteiger partial charge in [-0.15, -0.1) is 0 Å². The molecule has 0 saturated carbocycles. The second-order valence-corrected chi connectivity index (χ2v) is 6.14. The minimum absolute atomic E-state index is 0.180. The third kappa shape index (κ3) is 3.60. The Morgan fingerprint density at radius 2 is 2.00 bits per heavy atom. The van der Waals surface area contributed by atoms with Crippen molar-refractivity contribution in [3.05, 3.63) is 73.7 Å². The SMILES string of the molecule is CC(NC(=O)Cn1c(=O)oc2ccc([N+](=O)[O-])cc21)c1ccc(Cl)cc1. The predicted octanol–water partition coefficient (Wildman–Crippen LogP) is 3.03. The summed E-state index contributed by atoms with van der Waals surface area (Å²) in [5.74, 6) is -1.18. The summed E-state index contributed by atoms with van der Waals surface area (Å²) in [6.45, 7) is 1.48. The number of aromatic nitrogens is 1. The van der Waals surface area contributed by atoms with Gasteiger partial charge in [0.15, 0.2) is 5.58 Å². The number of nitrogens with one attached hydrogen (secondary N) is 1. The molecule has 3 aromatic rings. The highest BCUT2D eigenvalue weighted by atomic mass is 35.5. The van der Waals surface area contributed by atoms with E-state index in [-0.39, 0.29) is 29.4 Å². The van der Waals surface area contributed by atoms with Crippen LogP contribution in [-0.4, -0.2) is 15.4 Å². The van der Waals surface area contributed by atoms with Crippen molar-refractivity contribution in [3.8, 4) is 0 Å². The van der Waals surface area contributed by atoms with Crippen molar-refractivity contribution in [2.45, 2.75) is 19.5 Å². The van der Waals surface area contributed by atoms with Gasteiger partial charge in [0.25, 0.3) is 5.69 Å². The van der Waals surface area contributed by atoms with Crippen LogP contribution in [0.5, 0.6) is 0 Å². The van der Waals surface area contributed by atoms with Crippen molar-refractivity contribution in [2.75, 3.05) is 0 Å². The zero-order chi connectivity index (χ0) is 18.8. The van der Waals surface area contributed by atoms with Crippen molar-refractivity contribution in [1.82, 2.24) is 9.88 Å². The van der Waals surface area contributed by atoms with Gasteiger partial charge in [0.05, 0.1) is 16.5 Å². The Morgan fingerprint density at radius 1 is 1.31 bits per heavy atom. The second-order valence-electron chi connectivity index (χ2n) is 5.70. The molecule has 26 heavy (non-hydrogen) atoms. The summed E-state index contributed by atoms with van der Waals surface area (Å²) in [7, 11) is 0. The first kappa shape index (κ1) is 17.7. The van der Waals surface area contributed by atoms with Gasteiger partial charge in [-0.3, -0.25) is 19.5 Å². The smallest absolute Gasteiger partial charge is 0.408 e. The number of hydrogen-bond acceptors (Lipinski definition) is 5. The fraction of sp³-hybridized carbons (Fsp3) is 0.176. The van der Waals surface area contributed by atoms with E-state index in [9.17, 15) is 19.7 Å². The largest absolute Gasteiger partial charge is 0.420 e. The minimum Gasteiger partial charge on any atom is -0.408 e. The molecule has 0 spiro atoms. The number of benzene rings is 2. The van der Waals surface area contributed by atoms with Crippen LogP contribution < -0.4 is 11.1 Å². The number of carbonyl (C=O) groups is 1. The average Bonchev–Trinajstić information content (AvgIpc) is 2.90. The fourth-order valence-electron chi connectivity index (χ4n) is 2.58. The van der Waals surface area contributed by atoms with E-state index in [4.69, 9.17) is 16.0 Å². The van der Waals surface area contributed by atoms with Crippen LogP contribution >= 0.6 is 11.6 Å². The number of halogens is 1. The lowest BCUT2D eigenvalue weighted by molar-refractivity contribution is -0.384. The maximum Gasteiger partial charge on any atom is 0.420 e. The topological polar surface area (TPSA) is 107 Å². The molecule has 0 saturated heterocycles. The fourth-order valence-corrected chi connectivity index (χ4v) is 2.71. The molecule has 0 aliphatic carbocycles. The van der Waals surface area contributed by atoms with E-state index in [2.05, 4.69) is 5.32 Å². The van der Waals surface area contributed by atoms with E-state index in [1.54, 1.807) is 31.2 Å². The summed E-state index contributed by atoms with van der Waals surface area (Å²) in [5.41, 5.74) is 1.03. The quantitative estimate of drug-likeness (QED) is 0.544. The Kier molecular flexibility index (Phi) is 4.77. The lowest BCUT2D eigenvalue weighted by Gasteiger charge is -2.14. The molecular formula is C17H14ClN3O5. The number of carbonyl (C=O) groups excluding carboxylic acids is 1. The van der Waals surface area contributed by atoms with Crippen LogP contribution in [0.2, 0.25) is 5.02 Å². The van der Waals surface area contributed by atoms with E-state index >= 15 is 0 Å². The summed E-state index contributed by atoms with van der Waals surface area (Å²) in [4.78, 5) is 34.6. The maximum atomic E-state index is 12.3. The Hall–Kier alpha value is -3.13. The van der Waals surface area contributed by atoms with Crippen LogP contribution in [0.25, 0.3) is 11.1 Å². The first-order valence-corrected chi connectivity index (χ1v) is 8.05. The molecular weight excluding hydrogens is 362 g/mol. The Morgan fingerprint density at radius 3 is 2.65 bits per heavy atom. The number of rotatable bonds is 5. The third-order valence-corrected chi connectivity index (χ3v) is 4.16. The molecule has 0 aliphatic rings. The molecule has 0 bridgehead atoms. The first-order chi connectivity index (χ1) is 12.3. The molecule has 1 unspecified atom stereocenters. The highest BCUT2D eigenvalue weighted by Gasteiger charge is 2.17. The number of hydrogen-bond donors (Lipinski definition) is 1. The van der Waals surface area contributed by atoms with Crippen molar-refractivity contribution in [3.63, 3.8) is 0 Å². The summed E-state index contributed by atoms with van der Waals surface area (Å²) >= 11 is 5.84. The van der Waals surface area contributed by atoms with E-state index in [0.717, 1.165) is 10.1 Å². The molecule has 1 heterocycles. The lowest BCUT2D eigenvalue weighted by Crippen LogP contribution is -2.32. The molecule has 0 fully saturated rings. The normalized spacial score (nSPS) is 12.1. The first-order valence-electron chi connectivity index (χ1n) is 7.68. The number of fused-ring (bicyclic) bond motifs is 1. The molecule has 8 nitrogen and oxygen atoms in total. The Balaban J connectivity index is 1.81. The molecule has 1 aromatic heterocycles. The summed E-state index contributed by atoms with van der Waals surface area (Å²) in [6.07, 6.45) is 0. The van der Waals surface area contributed by atoms with Gasteiger partial charge >= 0.3 is 5.76 Å². The predicted molar refractivity (Wildman–Crippen MR) is 95.1 cm³/mol. The van der Waals surface area contributed by atoms with E-state index in [0.29, 0.717) is 5.02 Å². The molecule has 9 heteroatoms. The van der Waals surface area contributed by atoms with Gasteiger partial charge < -0.3 is 9.73 Å². The highest BCUT2D eigenvalue weighted by Crippen LogP contribution is 2.20.